The van der Waals surface area contributed by atoms with Gasteiger partial charge in [0.05, 0.1) is 21.8 Å². The van der Waals surface area contributed by atoms with Gasteiger partial charge in [-0.3, -0.25) is 4.99 Å². The molecule has 24 heavy (non-hydrogen) atoms. The van der Waals surface area contributed by atoms with Crippen molar-refractivity contribution in [3.05, 3.63) is 32.7 Å². The van der Waals surface area contributed by atoms with Crippen molar-refractivity contribution in [1.29, 1.82) is 0 Å². The van der Waals surface area contributed by atoms with Crippen LogP contribution < -0.4 is 0 Å². The maximum absolute atomic E-state index is 13.7. The summed E-state index contributed by atoms with van der Waals surface area (Å²) in [6.07, 6.45) is 0.884. The van der Waals surface area contributed by atoms with Gasteiger partial charge in [-0.2, -0.15) is 13.8 Å². The molecule has 0 bridgehead atoms. The van der Waals surface area contributed by atoms with Crippen molar-refractivity contribution < 1.29 is 28.9 Å². The lowest BCUT2D eigenvalue weighted by molar-refractivity contribution is -0.132. The number of nitrogens with zero attached hydrogens (tertiary/aromatic N) is 2. The van der Waals surface area contributed by atoms with Crippen LogP contribution in [0, 0.1) is 20.9 Å². The van der Waals surface area contributed by atoms with E-state index in [1.165, 1.54) is 0 Å². The van der Waals surface area contributed by atoms with Crippen LogP contribution in [0.25, 0.3) is 5.76 Å². The molecular formula is C15H17F2IN2O4. The van der Waals surface area contributed by atoms with Crippen LogP contribution in [0.2, 0.25) is 0 Å². The van der Waals surface area contributed by atoms with E-state index in [0.29, 0.717) is 0 Å². The summed E-state index contributed by atoms with van der Waals surface area (Å²) in [5.74, 6) is -4.85. The number of carboxylic acid groups (broad SMARTS) is 1. The lowest BCUT2D eigenvalue weighted by Crippen LogP contribution is -2.29. The van der Waals surface area contributed by atoms with Crippen molar-refractivity contribution in [2.45, 2.75) is 26.8 Å². The Balaban J connectivity index is 3.36. The number of halogens is 3. The summed E-state index contributed by atoms with van der Waals surface area (Å²) in [4.78, 5) is 18.3. The zero-order chi connectivity index (χ0) is 18.7. The van der Waals surface area contributed by atoms with Gasteiger partial charge in [0.1, 0.15) is 11.3 Å². The molecule has 0 saturated heterocycles. The number of aliphatic imine (C=N–C) groups is 1. The number of pyridine rings is 1. The van der Waals surface area contributed by atoms with Gasteiger partial charge in [0.25, 0.3) is 0 Å². The molecular weight excluding hydrogens is 437 g/mol. The minimum absolute atomic E-state index is 0.0768. The molecule has 6 nitrogen and oxygen atoms in total. The first-order valence-corrected chi connectivity index (χ1v) is 7.91. The van der Waals surface area contributed by atoms with Crippen LogP contribution in [-0.2, 0) is 4.79 Å². The minimum Gasteiger partial charge on any atom is -0.506 e. The van der Waals surface area contributed by atoms with E-state index in [0.717, 1.165) is 12.3 Å². The highest BCUT2D eigenvalue weighted by molar-refractivity contribution is 14.1. The van der Waals surface area contributed by atoms with Crippen molar-refractivity contribution in [2.24, 2.45) is 10.4 Å². The van der Waals surface area contributed by atoms with Crippen molar-refractivity contribution in [3.63, 3.8) is 0 Å². The van der Waals surface area contributed by atoms with Crippen LogP contribution >= 0.6 is 22.6 Å². The summed E-state index contributed by atoms with van der Waals surface area (Å²) < 4.78 is 26.8. The minimum atomic E-state index is -1.54. The Morgan fingerprint density at radius 2 is 2.00 bits per heavy atom. The zero-order valence-corrected chi connectivity index (χ0v) is 15.4. The smallest absolute Gasteiger partial charge is 0.341 e. The number of carboxylic acids is 1. The molecule has 0 aromatic carbocycles. The van der Waals surface area contributed by atoms with Gasteiger partial charge in [-0.05, 0) is 35.6 Å². The van der Waals surface area contributed by atoms with Gasteiger partial charge >= 0.3 is 5.97 Å². The number of hydrogen-bond donors (Lipinski definition) is 3. The van der Waals surface area contributed by atoms with Gasteiger partial charge in [-0.15, -0.1) is 0 Å². The van der Waals surface area contributed by atoms with Gasteiger partial charge in [0.15, 0.2) is 0 Å². The third-order valence-electron chi connectivity index (χ3n) is 3.59. The van der Waals surface area contributed by atoms with Crippen LogP contribution in [0.4, 0.5) is 8.78 Å². The second-order valence-electron chi connectivity index (χ2n) is 5.77. The first-order valence-electron chi connectivity index (χ1n) is 6.83. The molecule has 0 amide bonds. The lowest BCUT2D eigenvalue weighted by Gasteiger charge is -2.26. The van der Waals surface area contributed by atoms with Gasteiger partial charge in [-0.1, -0.05) is 13.8 Å². The first kappa shape index (κ1) is 20.4. The SMILES string of the molecule is CC(N=CC(C(=O)O)=C(O)c1cc(I)c(F)nc1F)C(C)(C)CO. The summed E-state index contributed by atoms with van der Waals surface area (Å²) in [5.41, 5.74) is -1.83. The molecule has 0 fully saturated rings. The quantitative estimate of drug-likeness (QED) is 0.202. The Bertz CT molecular complexity index is 705. The Kier molecular flexibility index (Phi) is 6.78. The van der Waals surface area contributed by atoms with Gasteiger partial charge in [-0.25, -0.2) is 4.79 Å². The molecule has 132 valence electrons. The number of rotatable bonds is 6. The molecule has 0 aliphatic heterocycles. The van der Waals surface area contributed by atoms with Gasteiger partial charge in [0.2, 0.25) is 11.9 Å². The standard InChI is InChI=1S/C15H17F2IN2O4/c1-7(15(2,3)6-21)19-5-9(14(23)24)11(22)8-4-10(18)13(17)20-12(8)16/h4-5,7,21-22H,6H2,1-3H3,(H,23,24). The lowest BCUT2D eigenvalue weighted by atomic mass is 9.87. The molecule has 3 N–H and O–H groups in total. The number of carbonyl (C=O) groups is 1. The molecule has 0 radical (unpaired) electrons. The number of aliphatic carboxylic acids is 1. The van der Waals surface area contributed by atoms with E-state index in [4.69, 9.17) is 0 Å². The third kappa shape index (κ3) is 4.69. The number of aromatic nitrogens is 1. The molecule has 1 atom stereocenters. The second kappa shape index (κ2) is 7.97. The normalized spacial score (nSPS) is 14.6. The fraction of sp³-hybridized carbons (Fsp3) is 0.400. The highest BCUT2D eigenvalue weighted by Gasteiger charge is 2.25. The van der Waals surface area contributed by atoms with E-state index in [9.17, 15) is 28.9 Å². The molecule has 0 aliphatic carbocycles. The molecule has 1 unspecified atom stereocenters. The molecule has 1 heterocycles. The summed E-state index contributed by atoms with van der Waals surface area (Å²) in [6.45, 7) is 4.93. The zero-order valence-electron chi connectivity index (χ0n) is 13.2. The summed E-state index contributed by atoms with van der Waals surface area (Å²) in [6, 6.07) is 0.479. The summed E-state index contributed by atoms with van der Waals surface area (Å²) in [5, 5.41) is 28.6. The number of aliphatic hydroxyl groups excluding tert-OH is 2. The molecule has 1 aromatic heterocycles. The third-order valence-corrected chi connectivity index (χ3v) is 4.35. The van der Waals surface area contributed by atoms with Crippen molar-refractivity contribution in [3.8, 4) is 0 Å². The van der Waals surface area contributed by atoms with Crippen LogP contribution in [0.3, 0.4) is 0 Å². The molecule has 0 aliphatic rings. The van der Waals surface area contributed by atoms with E-state index in [2.05, 4.69) is 9.98 Å². The fourth-order valence-corrected chi connectivity index (χ4v) is 1.93. The molecule has 0 saturated carbocycles. The Labute approximate surface area is 151 Å². The highest BCUT2D eigenvalue weighted by Crippen LogP contribution is 2.24. The van der Waals surface area contributed by atoms with E-state index in [1.807, 2.05) is 0 Å². The number of hydrogen-bond acceptors (Lipinski definition) is 5. The topological polar surface area (TPSA) is 103 Å². The van der Waals surface area contributed by atoms with Crippen molar-refractivity contribution >= 4 is 40.5 Å². The van der Waals surface area contributed by atoms with Gasteiger partial charge in [0, 0.05) is 11.6 Å². The van der Waals surface area contributed by atoms with Crippen LogP contribution in [0.5, 0.6) is 0 Å². The van der Waals surface area contributed by atoms with Crippen LogP contribution in [0.1, 0.15) is 26.3 Å². The predicted molar refractivity (Wildman–Crippen MR) is 92.9 cm³/mol. The monoisotopic (exact) mass is 454 g/mol. The summed E-state index contributed by atoms with van der Waals surface area (Å²) in [7, 11) is 0. The first-order chi connectivity index (χ1) is 11.0. The number of aliphatic hydroxyl groups is 2. The highest BCUT2D eigenvalue weighted by atomic mass is 127. The average Bonchev–Trinajstić information content (AvgIpc) is 2.50. The fourth-order valence-electron chi connectivity index (χ4n) is 1.49. The van der Waals surface area contributed by atoms with Crippen LogP contribution in [-0.4, -0.2) is 45.1 Å². The van der Waals surface area contributed by atoms with Crippen LogP contribution in [0.15, 0.2) is 16.6 Å². The predicted octanol–water partition coefficient (Wildman–Crippen LogP) is 2.80. The van der Waals surface area contributed by atoms with E-state index in [1.54, 1.807) is 43.4 Å². The van der Waals surface area contributed by atoms with E-state index < -0.39 is 46.2 Å². The van der Waals surface area contributed by atoms with E-state index >= 15 is 0 Å². The maximum atomic E-state index is 13.7. The van der Waals surface area contributed by atoms with Crippen molar-refractivity contribution in [2.75, 3.05) is 6.61 Å². The molecule has 9 heteroatoms. The Morgan fingerprint density at radius 1 is 1.42 bits per heavy atom. The Morgan fingerprint density at radius 3 is 2.50 bits per heavy atom. The second-order valence-corrected chi connectivity index (χ2v) is 6.93. The molecule has 1 aromatic rings. The Hall–Kier alpha value is -1.62. The van der Waals surface area contributed by atoms with Gasteiger partial charge < -0.3 is 15.3 Å². The molecule has 0 spiro atoms. The largest absolute Gasteiger partial charge is 0.506 e. The van der Waals surface area contributed by atoms with E-state index in [-0.39, 0.29) is 10.2 Å². The molecule has 1 rings (SSSR count). The average molecular weight is 454 g/mol. The maximum Gasteiger partial charge on any atom is 0.341 e. The van der Waals surface area contributed by atoms with Crippen molar-refractivity contribution in [1.82, 2.24) is 4.98 Å². The summed E-state index contributed by atoms with van der Waals surface area (Å²) >= 11 is 1.54.